The summed E-state index contributed by atoms with van der Waals surface area (Å²) in [7, 11) is 0. The van der Waals surface area contributed by atoms with Crippen LogP contribution >= 0.6 is 0 Å². The Morgan fingerprint density at radius 3 is 2.10 bits per heavy atom. The van der Waals surface area contributed by atoms with Gasteiger partial charge in [-0.3, -0.25) is 4.79 Å². The minimum Gasteiger partial charge on any atom is -0.872 e. The number of phenols is 2. The number of carbonyl (C=O) groups excluding carboxylic acids is 1. The quantitative estimate of drug-likeness (QED) is 0.582. The highest BCUT2D eigenvalue weighted by Crippen LogP contribution is 2.29. The molecule has 0 aliphatic rings. The second-order valence-electron chi connectivity index (χ2n) is 3.80. The molecule has 0 fully saturated rings. The first-order chi connectivity index (χ1) is 9.82. The zero-order valence-electron chi connectivity index (χ0n) is 10.6. The fraction of sp³-hybridized carbons (Fsp3) is 0. The Morgan fingerprint density at radius 2 is 1.71 bits per heavy atom. The van der Waals surface area contributed by atoms with Crippen LogP contribution in [0.1, 0.15) is 20.7 Å². The molecule has 0 radical (unpaired) electrons. The number of rotatable bonds is 2. The molecule has 6 N–H and O–H groups in total. The number of carboxylic acids is 1. The lowest BCUT2D eigenvalue weighted by Crippen LogP contribution is -2.12. The van der Waals surface area contributed by atoms with Crippen molar-refractivity contribution in [1.29, 1.82) is 0 Å². The van der Waals surface area contributed by atoms with E-state index in [9.17, 15) is 14.7 Å². The van der Waals surface area contributed by atoms with Gasteiger partial charge in [-0.25, -0.2) is 9.78 Å². The van der Waals surface area contributed by atoms with Crippen molar-refractivity contribution in [3.8, 4) is 17.2 Å². The van der Waals surface area contributed by atoms with Gasteiger partial charge in [-0.1, -0.05) is 5.75 Å². The van der Waals surface area contributed by atoms with Gasteiger partial charge < -0.3 is 26.2 Å². The molecule has 110 valence electrons. The molecule has 1 aromatic carbocycles. The number of aromatic carboxylic acids is 1. The first-order valence-corrected chi connectivity index (χ1v) is 5.55. The van der Waals surface area contributed by atoms with Crippen molar-refractivity contribution >= 4 is 11.9 Å². The number of aromatic amines is 1. The maximum atomic E-state index is 10.8. The summed E-state index contributed by atoms with van der Waals surface area (Å²) in [4.78, 5) is 23.5. The highest BCUT2D eigenvalue weighted by molar-refractivity contribution is 5.94. The Morgan fingerprint density at radius 1 is 1.14 bits per heavy atom. The number of primary amides is 1. The minimum atomic E-state index is -1.52. The van der Waals surface area contributed by atoms with Crippen LogP contribution < -0.4 is 15.8 Å². The molecular weight excluding hydrogens is 280 g/mol. The van der Waals surface area contributed by atoms with E-state index in [1.165, 1.54) is 0 Å². The summed E-state index contributed by atoms with van der Waals surface area (Å²) < 4.78 is 0. The molecule has 0 bridgehead atoms. The number of hydrogen-bond acceptors (Lipinski definition) is 5. The highest BCUT2D eigenvalue weighted by atomic mass is 16.4. The number of H-pyrrole nitrogens is 1. The molecule has 8 nitrogen and oxygen atoms in total. The number of hydrogen-bond donors (Lipinski definition) is 4. The van der Waals surface area contributed by atoms with Gasteiger partial charge in [0.1, 0.15) is 11.5 Å². The molecule has 0 aliphatic heterocycles. The Bertz CT molecular complexity index is 634. The third kappa shape index (κ3) is 4.39. The number of pyridine rings is 1. The Balaban J connectivity index is 0.000000219. The number of benzene rings is 1. The molecule has 0 spiro atoms. The number of carboxylic acid groups (broad SMARTS) is 1. The van der Waals surface area contributed by atoms with E-state index in [0.717, 1.165) is 12.1 Å². The molecule has 8 heteroatoms. The van der Waals surface area contributed by atoms with Crippen molar-refractivity contribution < 1.29 is 35.0 Å². The smallest absolute Gasteiger partial charge is 0.338 e. The monoisotopic (exact) mass is 292 g/mol. The van der Waals surface area contributed by atoms with Gasteiger partial charge in [-0.05, 0) is 6.07 Å². The van der Waals surface area contributed by atoms with E-state index in [4.69, 9.17) is 21.1 Å². The molecule has 2 rings (SSSR count). The zero-order chi connectivity index (χ0) is 16.0. The van der Waals surface area contributed by atoms with Crippen LogP contribution in [0, 0.1) is 0 Å². The molecule has 2 aromatic rings. The number of aromatic nitrogens is 1. The summed E-state index contributed by atoms with van der Waals surface area (Å²) in [5.74, 6) is -4.02. The van der Waals surface area contributed by atoms with Gasteiger partial charge in [0.2, 0.25) is 5.91 Å². The lowest BCUT2D eigenvalue weighted by atomic mass is 10.1. The van der Waals surface area contributed by atoms with E-state index in [1.54, 1.807) is 24.5 Å². The molecule has 1 amide bonds. The Kier molecular flexibility index (Phi) is 5.07. The second-order valence-corrected chi connectivity index (χ2v) is 3.80. The maximum absolute atomic E-state index is 10.8. The summed E-state index contributed by atoms with van der Waals surface area (Å²) >= 11 is 0. The molecule has 0 unspecified atom stereocenters. The van der Waals surface area contributed by atoms with Gasteiger partial charge in [-0.2, -0.15) is 0 Å². The van der Waals surface area contributed by atoms with Crippen LogP contribution in [-0.4, -0.2) is 27.2 Å². The minimum absolute atomic E-state index is 0.399. The number of carbonyl (C=O) groups is 2. The van der Waals surface area contributed by atoms with Crippen molar-refractivity contribution in [2.45, 2.75) is 0 Å². The summed E-state index contributed by atoms with van der Waals surface area (Å²) in [6.07, 6.45) is 3.31. The summed E-state index contributed by atoms with van der Waals surface area (Å²) in [6, 6.07) is 4.78. The van der Waals surface area contributed by atoms with Crippen LogP contribution in [0.25, 0.3) is 0 Å². The standard InChI is InChI=1S/C7H6O5.C6H6N2O/c8-3-1-4(9)6(7(11)12)5(10)2-3;7-6(9)5-1-3-8-4-2-5/h1-2,8-10H,(H,11,12);1-4H,(H2,7,9). The van der Waals surface area contributed by atoms with Crippen LogP contribution in [0.4, 0.5) is 0 Å². The normalized spacial score (nSPS) is 9.33. The predicted octanol–water partition coefficient (Wildman–Crippen LogP) is -0.531. The predicted molar refractivity (Wildman–Crippen MR) is 67.7 cm³/mol. The van der Waals surface area contributed by atoms with Gasteiger partial charge >= 0.3 is 5.97 Å². The SMILES string of the molecule is NC(=O)c1cc[nH+]cc1.O=C(O)c1c([O-])cc(O)cc1O. The fourth-order valence-electron chi connectivity index (χ4n) is 1.35. The van der Waals surface area contributed by atoms with Gasteiger partial charge in [0.15, 0.2) is 12.4 Å². The van der Waals surface area contributed by atoms with E-state index in [-0.39, 0.29) is 0 Å². The summed E-state index contributed by atoms with van der Waals surface area (Å²) in [5.41, 5.74) is 4.75. The van der Waals surface area contributed by atoms with Gasteiger partial charge in [-0.15, -0.1) is 0 Å². The second kappa shape index (κ2) is 6.75. The molecule has 0 aliphatic carbocycles. The van der Waals surface area contributed by atoms with E-state index in [2.05, 4.69) is 4.98 Å². The van der Waals surface area contributed by atoms with Crippen molar-refractivity contribution in [3.05, 3.63) is 47.8 Å². The number of nitrogens with one attached hydrogen (secondary N) is 1. The first kappa shape index (κ1) is 15.8. The van der Waals surface area contributed by atoms with Crippen LogP contribution in [-0.2, 0) is 0 Å². The van der Waals surface area contributed by atoms with Gasteiger partial charge in [0, 0.05) is 18.2 Å². The van der Waals surface area contributed by atoms with E-state index in [1.807, 2.05) is 0 Å². The number of amides is 1. The van der Waals surface area contributed by atoms with E-state index < -0.39 is 34.7 Å². The third-order valence-electron chi connectivity index (χ3n) is 2.28. The number of aromatic hydroxyl groups is 2. The van der Waals surface area contributed by atoms with E-state index in [0.29, 0.717) is 5.56 Å². The first-order valence-electron chi connectivity index (χ1n) is 5.55. The van der Waals surface area contributed by atoms with Crippen molar-refractivity contribution in [2.24, 2.45) is 5.73 Å². The molecule has 1 heterocycles. The summed E-state index contributed by atoms with van der Waals surface area (Å²) in [5, 5.41) is 36.8. The largest absolute Gasteiger partial charge is 0.872 e. The lowest BCUT2D eigenvalue weighted by molar-refractivity contribution is -0.378. The van der Waals surface area contributed by atoms with Crippen LogP contribution in [0.15, 0.2) is 36.7 Å². The molecular formula is C13H12N2O6. The molecule has 0 saturated heterocycles. The van der Waals surface area contributed by atoms with E-state index >= 15 is 0 Å². The lowest BCUT2D eigenvalue weighted by Gasteiger charge is -2.11. The number of nitrogens with two attached hydrogens (primary N) is 1. The Hall–Kier alpha value is -3.29. The zero-order valence-corrected chi connectivity index (χ0v) is 10.6. The Labute approximate surface area is 118 Å². The van der Waals surface area contributed by atoms with Gasteiger partial charge in [0.05, 0.1) is 11.1 Å². The topological polar surface area (TPSA) is 158 Å². The van der Waals surface area contributed by atoms with Crippen molar-refractivity contribution in [1.82, 2.24) is 0 Å². The van der Waals surface area contributed by atoms with Crippen LogP contribution in [0.3, 0.4) is 0 Å². The maximum Gasteiger partial charge on any atom is 0.338 e. The fourth-order valence-corrected chi connectivity index (χ4v) is 1.35. The molecule has 1 aromatic heterocycles. The molecule has 0 saturated carbocycles. The highest BCUT2D eigenvalue weighted by Gasteiger charge is 2.10. The van der Waals surface area contributed by atoms with Gasteiger partial charge in [0.25, 0.3) is 0 Å². The summed E-state index contributed by atoms with van der Waals surface area (Å²) in [6.45, 7) is 0. The average molecular weight is 292 g/mol. The van der Waals surface area contributed by atoms with Crippen LogP contribution in [0.5, 0.6) is 17.2 Å². The van der Waals surface area contributed by atoms with Crippen molar-refractivity contribution in [3.63, 3.8) is 0 Å². The van der Waals surface area contributed by atoms with Crippen LogP contribution in [0.2, 0.25) is 0 Å². The molecule has 0 atom stereocenters. The number of phenolic OH excluding ortho intramolecular Hbond substituents is 1. The van der Waals surface area contributed by atoms with Crippen molar-refractivity contribution in [2.75, 3.05) is 0 Å². The average Bonchev–Trinajstić information content (AvgIpc) is 2.38. The molecule has 21 heavy (non-hydrogen) atoms. The third-order valence-corrected chi connectivity index (χ3v) is 2.28.